The van der Waals surface area contributed by atoms with Gasteiger partial charge < -0.3 is 5.32 Å². The van der Waals surface area contributed by atoms with Crippen molar-refractivity contribution >= 4 is 26.6 Å². The topological polar surface area (TPSA) is 102 Å². The predicted octanol–water partition coefficient (Wildman–Crippen LogP) is 3.52. The van der Waals surface area contributed by atoms with E-state index >= 15 is 0 Å². The van der Waals surface area contributed by atoms with Gasteiger partial charge in [-0.1, -0.05) is 23.8 Å². The Balaban J connectivity index is 1.51. The molecule has 0 saturated carbocycles. The van der Waals surface area contributed by atoms with Gasteiger partial charge >= 0.3 is 0 Å². The van der Waals surface area contributed by atoms with Crippen LogP contribution in [0, 0.1) is 20.8 Å². The quantitative estimate of drug-likeness (QED) is 0.447. The first kappa shape index (κ1) is 21.9. The zero-order valence-electron chi connectivity index (χ0n) is 18.5. The van der Waals surface area contributed by atoms with Crippen LogP contribution < -0.4 is 10.0 Å². The number of nitrogens with one attached hydrogen (secondary N) is 2. The van der Waals surface area contributed by atoms with E-state index in [0.29, 0.717) is 11.4 Å². The lowest BCUT2D eigenvalue weighted by Crippen LogP contribution is -2.38. The Kier molecular flexibility index (Phi) is 5.94. The van der Waals surface area contributed by atoms with Crippen LogP contribution in [-0.4, -0.2) is 40.8 Å². The predicted molar refractivity (Wildman–Crippen MR) is 126 cm³/mol. The van der Waals surface area contributed by atoms with Crippen LogP contribution in [0.5, 0.6) is 0 Å². The van der Waals surface area contributed by atoms with Gasteiger partial charge in [-0.3, -0.25) is 0 Å². The van der Waals surface area contributed by atoms with Crippen molar-refractivity contribution < 1.29 is 8.42 Å². The zero-order valence-corrected chi connectivity index (χ0v) is 19.3. The number of aryl methyl sites for hydroxylation is 3. The number of fused-ring (bicyclic) bond motifs is 1. The second-order valence-electron chi connectivity index (χ2n) is 8.02. The Morgan fingerprint density at radius 2 is 1.72 bits per heavy atom. The molecular weight excluding hydrogens is 424 g/mol. The summed E-state index contributed by atoms with van der Waals surface area (Å²) in [5.41, 5.74) is 5.09. The molecule has 0 fully saturated rings. The first-order chi connectivity index (χ1) is 15.3. The number of hydrogen-bond acceptors (Lipinski definition) is 6. The molecule has 0 aliphatic carbocycles. The molecule has 166 valence electrons. The third-order valence-corrected chi connectivity index (χ3v) is 7.13. The fraction of sp³-hybridized carbons (Fsp3) is 0.261. The molecule has 0 radical (unpaired) electrons. The number of aromatic nitrogens is 4. The number of hydrogen-bond donors (Lipinski definition) is 2. The largest absolute Gasteiger partial charge is 0.383 e. The summed E-state index contributed by atoms with van der Waals surface area (Å²) in [5, 5.41) is 8.74. The fourth-order valence-electron chi connectivity index (χ4n) is 4.03. The molecular formula is C23H26N6O2S. The van der Waals surface area contributed by atoms with Gasteiger partial charge in [0.2, 0.25) is 10.0 Å². The fourth-order valence-corrected chi connectivity index (χ4v) is 5.73. The minimum Gasteiger partial charge on any atom is -0.383 e. The maximum Gasteiger partial charge on any atom is 0.241 e. The standard InChI is InChI=1S/C23H26N6O2S/c1-15-8-16(2)23(17(3)9-15)32(30,31)28-18(4)10-26-21-6-5-7-22-20(21)13-27-29(22)19-11-24-14-25-12-19/h5-9,11-14,18,26,28H,10H2,1-4H3/t18-/m0/s1. The van der Waals surface area contributed by atoms with Crippen molar-refractivity contribution in [2.75, 3.05) is 11.9 Å². The molecule has 2 aromatic carbocycles. The van der Waals surface area contributed by atoms with Gasteiger partial charge in [0, 0.05) is 23.7 Å². The van der Waals surface area contributed by atoms with Crippen LogP contribution in [0.1, 0.15) is 23.6 Å². The Labute approximate surface area is 187 Å². The van der Waals surface area contributed by atoms with E-state index in [-0.39, 0.29) is 6.04 Å². The molecule has 0 bridgehead atoms. The highest BCUT2D eigenvalue weighted by molar-refractivity contribution is 7.89. The van der Waals surface area contributed by atoms with Gasteiger partial charge in [0.1, 0.15) is 12.0 Å². The van der Waals surface area contributed by atoms with Crippen molar-refractivity contribution in [1.29, 1.82) is 0 Å². The van der Waals surface area contributed by atoms with Crippen molar-refractivity contribution in [2.45, 2.75) is 38.6 Å². The summed E-state index contributed by atoms with van der Waals surface area (Å²) in [6, 6.07) is 9.30. The van der Waals surface area contributed by atoms with Gasteiger partial charge in [-0.2, -0.15) is 5.10 Å². The van der Waals surface area contributed by atoms with E-state index in [4.69, 9.17) is 0 Å². The van der Waals surface area contributed by atoms with E-state index in [1.54, 1.807) is 23.3 Å². The highest BCUT2D eigenvalue weighted by Gasteiger charge is 2.22. The lowest BCUT2D eigenvalue weighted by atomic mass is 10.1. The van der Waals surface area contributed by atoms with E-state index < -0.39 is 10.0 Å². The minimum absolute atomic E-state index is 0.326. The van der Waals surface area contributed by atoms with Crippen LogP contribution in [0.2, 0.25) is 0 Å². The Bertz CT molecular complexity index is 1340. The lowest BCUT2D eigenvalue weighted by Gasteiger charge is -2.18. The van der Waals surface area contributed by atoms with Gasteiger partial charge in [-0.25, -0.2) is 27.8 Å². The molecule has 0 aliphatic rings. The van der Waals surface area contributed by atoms with Crippen LogP contribution in [0.4, 0.5) is 5.69 Å². The normalized spacial score (nSPS) is 12.8. The van der Waals surface area contributed by atoms with Crippen molar-refractivity contribution in [1.82, 2.24) is 24.5 Å². The van der Waals surface area contributed by atoms with Crippen LogP contribution in [0.15, 0.2) is 60.1 Å². The van der Waals surface area contributed by atoms with Crippen LogP contribution >= 0.6 is 0 Å². The lowest BCUT2D eigenvalue weighted by molar-refractivity contribution is 0.564. The zero-order chi connectivity index (χ0) is 22.9. The molecule has 0 aliphatic heterocycles. The first-order valence-electron chi connectivity index (χ1n) is 10.3. The van der Waals surface area contributed by atoms with Gasteiger partial charge in [0.05, 0.1) is 29.0 Å². The van der Waals surface area contributed by atoms with E-state index in [1.165, 1.54) is 6.33 Å². The Morgan fingerprint density at radius 1 is 1.03 bits per heavy atom. The SMILES string of the molecule is Cc1cc(C)c(S(=O)(=O)N[C@@H](C)CNc2cccc3c2cnn3-c2cncnc2)c(C)c1. The third-order valence-electron chi connectivity index (χ3n) is 5.23. The molecule has 9 heteroatoms. The van der Waals surface area contributed by atoms with Crippen LogP contribution in [0.25, 0.3) is 16.6 Å². The van der Waals surface area contributed by atoms with E-state index in [0.717, 1.165) is 39.0 Å². The second kappa shape index (κ2) is 8.68. The maximum absolute atomic E-state index is 13.0. The summed E-state index contributed by atoms with van der Waals surface area (Å²) in [5.74, 6) is 0. The summed E-state index contributed by atoms with van der Waals surface area (Å²) >= 11 is 0. The Morgan fingerprint density at radius 3 is 2.41 bits per heavy atom. The number of nitrogens with zero attached hydrogens (tertiary/aromatic N) is 4. The van der Waals surface area contributed by atoms with E-state index in [9.17, 15) is 8.42 Å². The highest BCUT2D eigenvalue weighted by Crippen LogP contribution is 2.25. The van der Waals surface area contributed by atoms with Gasteiger partial charge in [-0.15, -0.1) is 0 Å². The monoisotopic (exact) mass is 450 g/mol. The molecule has 1 atom stereocenters. The average Bonchev–Trinajstić information content (AvgIpc) is 3.16. The summed E-state index contributed by atoms with van der Waals surface area (Å²) < 4.78 is 30.6. The first-order valence-corrected chi connectivity index (χ1v) is 11.8. The molecule has 2 heterocycles. The van der Waals surface area contributed by atoms with Crippen molar-refractivity contribution in [3.8, 4) is 5.69 Å². The number of anilines is 1. The molecule has 2 aromatic heterocycles. The number of benzene rings is 2. The van der Waals surface area contributed by atoms with Crippen LogP contribution in [0.3, 0.4) is 0 Å². The average molecular weight is 451 g/mol. The summed E-state index contributed by atoms with van der Waals surface area (Å²) in [6.07, 6.45) is 6.65. The molecule has 2 N–H and O–H groups in total. The minimum atomic E-state index is -3.64. The third kappa shape index (κ3) is 4.35. The smallest absolute Gasteiger partial charge is 0.241 e. The van der Waals surface area contributed by atoms with Crippen molar-refractivity contribution in [2.24, 2.45) is 0 Å². The second-order valence-corrected chi connectivity index (χ2v) is 9.67. The molecule has 0 amide bonds. The van der Waals surface area contributed by atoms with Gasteiger partial charge in [0.15, 0.2) is 0 Å². The van der Waals surface area contributed by atoms with Crippen LogP contribution in [-0.2, 0) is 10.0 Å². The maximum atomic E-state index is 13.0. The van der Waals surface area contributed by atoms with Gasteiger partial charge in [0.25, 0.3) is 0 Å². The van der Waals surface area contributed by atoms with E-state index in [1.807, 2.05) is 58.0 Å². The highest BCUT2D eigenvalue weighted by atomic mass is 32.2. The summed E-state index contributed by atoms with van der Waals surface area (Å²) in [4.78, 5) is 8.46. The molecule has 8 nitrogen and oxygen atoms in total. The number of rotatable bonds is 7. The number of sulfonamides is 1. The molecule has 4 rings (SSSR count). The van der Waals surface area contributed by atoms with E-state index in [2.05, 4.69) is 25.1 Å². The summed E-state index contributed by atoms with van der Waals surface area (Å²) in [7, 11) is -3.64. The van der Waals surface area contributed by atoms with Crippen molar-refractivity contribution in [3.05, 3.63) is 71.9 Å². The Hall–Kier alpha value is -3.30. The molecule has 0 saturated heterocycles. The summed E-state index contributed by atoms with van der Waals surface area (Å²) in [6.45, 7) is 7.88. The molecule has 4 aromatic rings. The van der Waals surface area contributed by atoms with Crippen molar-refractivity contribution in [3.63, 3.8) is 0 Å². The molecule has 0 spiro atoms. The molecule has 32 heavy (non-hydrogen) atoms. The molecule has 0 unspecified atom stereocenters. The van der Waals surface area contributed by atoms with Gasteiger partial charge in [-0.05, 0) is 51.0 Å².